The van der Waals surface area contributed by atoms with Gasteiger partial charge in [-0.05, 0) is 24.3 Å². The molecule has 0 amide bonds. The number of nitrogens with one attached hydrogen (secondary N) is 1. The van der Waals surface area contributed by atoms with Crippen molar-refractivity contribution < 1.29 is 13.2 Å². The summed E-state index contributed by atoms with van der Waals surface area (Å²) < 4.78 is 37.5. The summed E-state index contributed by atoms with van der Waals surface area (Å²) in [6, 6.07) is 5.55. The van der Waals surface area contributed by atoms with E-state index in [1.807, 2.05) is 6.08 Å². The Morgan fingerprint density at radius 3 is 2.69 bits per heavy atom. The molecule has 0 radical (unpaired) electrons. The maximum Gasteiger partial charge on any atom is 0.416 e. The topological polar surface area (TPSA) is 12.0 Å². The van der Waals surface area contributed by atoms with E-state index in [1.54, 1.807) is 12.3 Å². The molecule has 1 N–H and O–H groups in total. The molecule has 1 unspecified atom stereocenters. The van der Waals surface area contributed by atoms with E-state index in [9.17, 15) is 13.2 Å². The maximum atomic E-state index is 12.5. The van der Waals surface area contributed by atoms with Crippen molar-refractivity contribution in [2.45, 2.75) is 18.5 Å². The largest absolute Gasteiger partial charge is 0.416 e. The number of hydrogen-bond acceptors (Lipinski definition) is 1. The zero-order chi connectivity index (χ0) is 11.6. The molecule has 4 heteroatoms. The molecule has 0 fully saturated rings. The molecule has 1 atom stereocenters. The Morgan fingerprint density at radius 2 is 2.06 bits per heavy atom. The Bertz CT molecular complexity index is 395. The van der Waals surface area contributed by atoms with Crippen LogP contribution < -0.4 is 5.32 Å². The quantitative estimate of drug-likeness (QED) is 0.776. The van der Waals surface area contributed by atoms with E-state index in [1.165, 1.54) is 12.1 Å². The Morgan fingerprint density at radius 1 is 1.25 bits per heavy atom. The highest BCUT2D eigenvalue weighted by molar-refractivity contribution is 5.31. The van der Waals surface area contributed by atoms with E-state index in [0.717, 1.165) is 24.6 Å². The number of alkyl halides is 3. The Hall–Kier alpha value is -1.45. The number of hydrogen-bond donors (Lipinski definition) is 1. The lowest BCUT2D eigenvalue weighted by Gasteiger charge is -2.18. The summed E-state index contributed by atoms with van der Waals surface area (Å²) >= 11 is 0. The molecule has 86 valence electrons. The molecule has 1 heterocycles. The van der Waals surface area contributed by atoms with Crippen LogP contribution in [0.25, 0.3) is 0 Å². The van der Waals surface area contributed by atoms with Crippen LogP contribution in [0.15, 0.2) is 36.5 Å². The fraction of sp³-hybridized carbons (Fsp3) is 0.333. The molecule has 0 bridgehead atoms. The first-order valence-electron chi connectivity index (χ1n) is 5.14. The fourth-order valence-electron chi connectivity index (χ4n) is 1.83. The molecule has 1 aromatic rings. The molecule has 0 aromatic heterocycles. The highest BCUT2D eigenvalue weighted by Crippen LogP contribution is 2.32. The lowest BCUT2D eigenvalue weighted by Crippen LogP contribution is -2.16. The van der Waals surface area contributed by atoms with Gasteiger partial charge in [-0.2, -0.15) is 13.2 Å². The van der Waals surface area contributed by atoms with Crippen LogP contribution in [-0.4, -0.2) is 6.54 Å². The van der Waals surface area contributed by atoms with Crippen LogP contribution in [0, 0.1) is 0 Å². The fourth-order valence-corrected chi connectivity index (χ4v) is 1.83. The first-order chi connectivity index (χ1) is 7.57. The van der Waals surface area contributed by atoms with Gasteiger partial charge in [-0.3, -0.25) is 0 Å². The van der Waals surface area contributed by atoms with Crippen molar-refractivity contribution >= 4 is 0 Å². The first-order valence-corrected chi connectivity index (χ1v) is 5.14. The summed E-state index contributed by atoms with van der Waals surface area (Å²) in [4.78, 5) is 0. The van der Waals surface area contributed by atoms with Crippen molar-refractivity contribution in [3.63, 3.8) is 0 Å². The SMILES string of the molecule is FC(F)(F)c1cccc(C2C=CNCC2)c1. The summed E-state index contributed by atoms with van der Waals surface area (Å²) in [7, 11) is 0. The molecular weight excluding hydrogens is 215 g/mol. The summed E-state index contributed by atoms with van der Waals surface area (Å²) in [6.07, 6.45) is 0.276. The van der Waals surface area contributed by atoms with Gasteiger partial charge in [0.05, 0.1) is 5.56 Å². The van der Waals surface area contributed by atoms with Crippen LogP contribution in [0.5, 0.6) is 0 Å². The van der Waals surface area contributed by atoms with Gasteiger partial charge in [0.25, 0.3) is 0 Å². The summed E-state index contributed by atoms with van der Waals surface area (Å²) in [5, 5.41) is 3.03. The van der Waals surface area contributed by atoms with E-state index in [4.69, 9.17) is 0 Å². The third-order valence-corrected chi connectivity index (χ3v) is 2.69. The molecule has 1 aromatic carbocycles. The van der Waals surface area contributed by atoms with Gasteiger partial charge in [0.1, 0.15) is 0 Å². The summed E-state index contributed by atoms with van der Waals surface area (Å²) in [5.41, 5.74) is 0.157. The van der Waals surface area contributed by atoms with Crippen molar-refractivity contribution in [3.05, 3.63) is 47.7 Å². The standard InChI is InChI=1S/C12H12F3N/c13-12(14,15)11-3-1-2-10(8-11)9-4-6-16-7-5-9/h1-4,6,8-9,16H,5,7H2. The van der Waals surface area contributed by atoms with Gasteiger partial charge < -0.3 is 5.32 Å². The predicted molar refractivity (Wildman–Crippen MR) is 55.9 cm³/mol. The molecule has 1 nitrogen and oxygen atoms in total. The van der Waals surface area contributed by atoms with Crippen molar-refractivity contribution in [2.75, 3.05) is 6.54 Å². The molecule has 2 rings (SSSR count). The third-order valence-electron chi connectivity index (χ3n) is 2.69. The van der Waals surface area contributed by atoms with Crippen LogP contribution in [0.1, 0.15) is 23.5 Å². The Labute approximate surface area is 92.0 Å². The Kier molecular flexibility index (Phi) is 2.90. The average Bonchev–Trinajstić information content (AvgIpc) is 2.29. The molecule has 1 aliphatic heterocycles. The molecule has 1 aliphatic rings. The highest BCUT2D eigenvalue weighted by atomic mass is 19.4. The molecule has 0 saturated heterocycles. The minimum atomic E-state index is -4.26. The zero-order valence-corrected chi connectivity index (χ0v) is 8.59. The third kappa shape index (κ3) is 2.38. The van der Waals surface area contributed by atoms with Gasteiger partial charge in [0.2, 0.25) is 0 Å². The number of rotatable bonds is 1. The minimum Gasteiger partial charge on any atom is -0.391 e. The highest BCUT2D eigenvalue weighted by Gasteiger charge is 2.30. The van der Waals surface area contributed by atoms with E-state index in [0.29, 0.717) is 0 Å². The van der Waals surface area contributed by atoms with Gasteiger partial charge in [0.15, 0.2) is 0 Å². The normalized spacial score (nSPS) is 20.6. The van der Waals surface area contributed by atoms with Gasteiger partial charge >= 0.3 is 6.18 Å². The molecule has 0 aliphatic carbocycles. The smallest absolute Gasteiger partial charge is 0.391 e. The van der Waals surface area contributed by atoms with E-state index in [-0.39, 0.29) is 5.92 Å². The number of allylic oxidation sites excluding steroid dienone is 1. The lowest BCUT2D eigenvalue weighted by molar-refractivity contribution is -0.137. The molecule has 0 saturated carbocycles. The van der Waals surface area contributed by atoms with E-state index >= 15 is 0 Å². The van der Waals surface area contributed by atoms with Crippen molar-refractivity contribution in [3.8, 4) is 0 Å². The zero-order valence-electron chi connectivity index (χ0n) is 8.59. The first kappa shape index (κ1) is 11.0. The number of benzene rings is 1. The Balaban J connectivity index is 2.28. The van der Waals surface area contributed by atoms with Crippen LogP contribution in [-0.2, 0) is 6.18 Å². The van der Waals surface area contributed by atoms with Crippen LogP contribution >= 0.6 is 0 Å². The van der Waals surface area contributed by atoms with Gasteiger partial charge in [0, 0.05) is 12.5 Å². The lowest BCUT2D eigenvalue weighted by atomic mass is 9.93. The second-order valence-electron chi connectivity index (χ2n) is 3.83. The van der Waals surface area contributed by atoms with Gasteiger partial charge in [-0.15, -0.1) is 0 Å². The van der Waals surface area contributed by atoms with Crippen LogP contribution in [0.2, 0.25) is 0 Å². The minimum absolute atomic E-state index is 0.0866. The molecule has 0 spiro atoms. The average molecular weight is 227 g/mol. The van der Waals surface area contributed by atoms with Gasteiger partial charge in [-0.1, -0.05) is 24.3 Å². The van der Waals surface area contributed by atoms with Crippen LogP contribution in [0.4, 0.5) is 13.2 Å². The van der Waals surface area contributed by atoms with Gasteiger partial charge in [-0.25, -0.2) is 0 Å². The summed E-state index contributed by atoms with van der Waals surface area (Å²) in [6.45, 7) is 0.803. The summed E-state index contributed by atoms with van der Waals surface area (Å²) in [5.74, 6) is 0.0866. The molecule has 16 heavy (non-hydrogen) atoms. The second-order valence-corrected chi connectivity index (χ2v) is 3.83. The second kappa shape index (κ2) is 4.20. The number of halogens is 3. The predicted octanol–water partition coefficient (Wildman–Crippen LogP) is 3.30. The maximum absolute atomic E-state index is 12.5. The van der Waals surface area contributed by atoms with E-state index < -0.39 is 11.7 Å². The monoisotopic (exact) mass is 227 g/mol. The molecular formula is C12H12F3N. The van der Waals surface area contributed by atoms with E-state index in [2.05, 4.69) is 5.32 Å². The van der Waals surface area contributed by atoms with Crippen LogP contribution in [0.3, 0.4) is 0 Å². The van der Waals surface area contributed by atoms with Crippen molar-refractivity contribution in [1.29, 1.82) is 0 Å². The van der Waals surface area contributed by atoms with Crippen molar-refractivity contribution in [2.24, 2.45) is 0 Å². The van der Waals surface area contributed by atoms with Crippen molar-refractivity contribution in [1.82, 2.24) is 5.32 Å².